The quantitative estimate of drug-likeness (QED) is 0.721. The molecule has 0 fully saturated rings. The van der Waals surface area contributed by atoms with Gasteiger partial charge in [0.2, 0.25) is 0 Å². The summed E-state index contributed by atoms with van der Waals surface area (Å²) >= 11 is 7.10. The summed E-state index contributed by atoms with van der Waals surface area (Å²) in [6.45, 7) is 4.92. The lowest BCUT2D eigenvalue weighted by Gasteiger charge is -2.03. The van der Waals surface area contributed by atoms with Crippen molar-refractivity contribution in [1.29, 1.82) is 0 Å². The number of aromatic amines is 1. The van der Waals surface area contributed by atoms with Crippen LogP contribution in [0.25, 0.3) is 11.0 Å². The molecule has 0 unspecified atom stereocenters. The number of imidazole rings is 1. The number of aromatic nitrogens is 3. The Labute approximate surface area is 114 Å². The number of nitrogens with zero attached hydrogens (tertiary/aromatic N) is 2. The summed E-state index contributed by atoms with van der Waals surface area (Å²) in [6, 6.07) is 6.26. The van der Waals surface area contributed by atoms with Gasteiger partial charge in [0.25, 0.3) is 0 Å². The van der Waals surface area contributed by atoms with Crippen LogP contribution >= 0.6 is 23.6 Å². The van der Waals surface area contributed by atoms with E-state index in [0.717, 1.165) is 28.0 Å². The number of benzene rings is 1. The van der Waals surface area contributed by atoms with Crippen LogP contribution < -0.4 is 0 Å². The average molecular weight is 275 g/mol. The van der Waals surface area contributed by atoms with E-state index < -0.39 is 0 Å². The summed E-state index contributed by atoms with van der Waals surface area (Å²) in [5.41, 5.74) is 6.48. The van der Waals surface area contributed by atoms with Crippen LogP contribution in [0.4, 0.5) is 0 Å². The summed E-state index contributed by atoms with van der Waals surface area (Å²) in [5.74, 6) is 0. The molecule has 3 aromatic rings. The van der Waals surface area contributed by atoms with E-state index in [2.05, 4.69) is 39.7 Å². The van der Waals surface area contributed by atoms with Crippen molar-refractivity contribution in [2.75, 3.05) is 0 Å². The lowest BCUT2D eigenvalue weighted by molar-refractivity contribution is 0.815. The van der Waals surface area contributed by atoms with E-state index in [1.54, 1.807) is 11.3 Å². The van der Waals surface area contributed by atoms with Gasteiger partial charge >= 0.3 is 0 Å². The third-order valence-electron chi connectivity index (χ3n) is 3.17. The zero-order valence-electron chi connectivity index (χ0n) is 10.2. The van der Waals surface area contributed by atoms with Crippen molar-refractivity contribution in [2.45, 2.75) is 20.4 Å². The minimum atomic E-state index is 0.770. The smallest absolute Gasteiger partial charge is 0.178 e. The van der Waals surface area contributed by atoms with Gasteiger partial charge in [-0.1, -0.05) is 12.1 Å². The normalized spacial score (nSPS) is 11.2. The first-order valence-electron chi connectivity index (χ1n) is 5.74. The maximum atomic E-state index is 5.42. The zero-order chi connectivity index (χ0) is 12.7. The fourth-order valence-corrected chi connectivity index (χ4v) is 3.13. The Morgan fingerprint density at radius 3 is 2.94 bits per heavy atom. The molecule has 3 rings (SSSR count). The Bertz CT molecular complexity index is 764. The number of nitrogens with one attached hydrogen (secondary N) is 1. The highest BCUT2D eigenvalue weighted by Crippen LogP contribution is 2.21. The number of aryl methyl sites for hydroxylation is 2. The fraction of sp³-hybridized carbons (Fsp3) is 0.231. The van der Waals surface area contributed by atoms with Crippen molar-refractivity contribution in [3.63, 3.8) is 0 Å². The van der Waals surface area contributed by atoms with Crippen LogP contribution in [0.15, 0.2) is 23.7 Å². The van der Waals surface area contributed by atoms with Gasteiger partial charge in [0.05, 0.1) is 28.8 Å². The van der Waals surface area contributed by atoms with E-state index in [1.807, 2.05) is 12.4 Å². The van der Waals surface area contributed by atoms with E-state index in [9.17, 15) is 0 Å². The molecule has 0 amide bonds. The van der Waals surface area contributed by atoms with Crippen molar-refractivity contribution in [1.82, 2.24) is 14.5 Å². The Kier molecular flexibility index (Phi) is 2.80. The number of hydrogen-bond acceptors (Lipinski definition) is 3. The molecular weight excluding hydrogens is 262 g/mol. The molecule has 0 atom stereocenters. The molecule has 0 spiro atoms. The van der Waals surface area contributed by atoms with Crippen LogP contribution in [0.5, 0.6) is 0 Å². The second kappa shape index (κ2) is 4.33. The number of para-hydroxylation sites is 1. The lowest BCUT2D eigenvalue weighted by Crippen LogP contribution is -1.99. The maximum absolute atomic E-state index is 5.42. The molecule has 5 heteroatoms. The molecule has 0 saturated heterocycles. The van der Waals surface area contributed by atoms with Crippen molar-refractivity contribution in [3.05, 3.63) is 44.6 Å². The van der Waals surface area contributed by atoms with Crippen LogP contribution in [-0.4, -0.2) is 14.5 Å². The predicted octanol–water partition coefficient (Wildman–Crippen LogP) is 3.82. The van der Waals surface area contributed by atoms with Crippen molar-refractivity contribution in [2.24, 2.45) is 0 Å². The SMILES string of the molecule is Cc1ncsc1Cn1c(=S)[nH]c2c(C)cccc21. The molecule has 0 radical (unpaired) electrons. The van der Waals surface area contributed by atoms with E-state index >= 15 is 0 Å². The van der Waals surface area contributed by atoms with E-state index in [0.29, 0.717) is 0 Å². The van der Waals surface area contributed by atoms with Gasteiger partial charge in [-0.25, -0.2) is 4.98 Å². The molecule has 2 aromatic heterocycles. The molecular formula is C13H13N3S2. The number of fused-ring (bicyclic) bond motifs is 1. The zero-order valence-corrected chi connectivity index (χ0v) is 11.9. The van der Waals surface area contributed by atoms with Crippen LogP contribution in [0, 0.1) is 18.6 Å². The third-order valence-corrected chi connectivity index (χ3v) is 4.41. The maximum Gasteiger partial charge on any atom is 0.178 e. The Hall–Kier alpha value is -1.46. The van der Waals surface area contributed by atoms with Gasteiger partial charge in [0, 0.05) is 4.88 Å². The van der Waals surface area contributed by atoms with Crippen LogP contribution in [0.1, 0.15) is 16.1 Å². The van der Waals surface area contributed by atoms with E-state index in [4.69, 9.17) is 12.2 Å². The number of rotatable bonds is 2. The molecule has 92 valence electrons. The first kappa shape index (κ1) is 11.6. The standard InChI is InChI=1S/C13H13N3S2/c1-8-4-3-5-10-12(8)15-13(17)16(10)6-11-9(2)14-7-18-11/h3-5,7H,6H2,1-2H3,(H,15,17). The summed E-state index contributed by atoms with van der Waals surface area (Å²) < 4.78 is 2.91. The highest BCUT2D eigenvalue weighted by atomic mass is 32.1. The second-order valence-corrected chi connectivity index (χ2v) is 5.67. The molecule has 1 aromatic carbocycles. The van der Waals surface area contributed by atoms with Gasteiger partial charge in [-0.05, 0) is 37.7 Å². The Balaban J connectivity index is 2.18. The van der Waals surface area contributed by atoms with Crippen LogP contribution in [0.2, 0.25) is 0 Å². The summed E-state index contributed by atoms with van der Waals surface area (Å²) in [7, 11) is 0. The molecule has 18 heavy (non-hydrogen) atoms. The van der Waals surface area contributed by atoms with E-state index in [1.165, 1.54) is 10.4 Å². The molecule has 3 nitrogen and oxygen atoms in total. The molecule has 1 N–H and O–H groups in total. The predicted molar refractivity (Wildman–Crippen MR) is 77.8 cm³/mol. The average Bonchev–Trinajstić information content (AvgIpc) is 2.87. The van der Waals surface area contributed by atoms with Gasteiger partial charge < -0.3 is 9.55 Å². The number of thiazole rings is 1. The lowest BCUT2D eigenvalue weighted by atomic mass is 10.2. The number of H-pyrrole nitrogens is 1. The monoisotopic (exact) mass is 275 g/mol. The van der Waals surface area contributed by atoms with Crippen LogP contribution in [0.3, 0.4) is 0 Å². The first-order chi connectivity index (χ1) is 8.66. The van der Waals surface area contributed by atoms with Gasteiger partial charge in [-0.3, -0.25) is 0 Å². The summed E-state index contributed by atoms with van der Waals surface area (Å²) in [6.07, 6.45) is 0. The molecule has 0 aliphatic carbocycles. The minimum Gasteiger partial charge on any atom is -0.330 e. The van der Waals surface area contributed by atoms with Gasteiger partial charge in [0.1, 0.15) is 0 Å². The van der Waals surface area contributed by atoms with Gasteiger partial charge in [-0.15, -0.1) is 11.3 Å². The summed E-state index contributed by atoms with van der Waals surface area (Å²) in [5, 5.41) is 0. The third kappa shape index (κ3) is 1.79. The second-order valence-electron chi connectivity index (χ2n) is 4.35. The molecule has 0 saturated carbocycles. The largest absolute Gasteiger partial charge is 0.330 e. The van der Waals surface area contributed by atoms with Crippen LogP contribution in [-0.2, 0) is 6.54 Å². The summed E-state index contributed by atoms with van der Waals surface area (Å²) in [4.78, 5) is 8.83. The highest BCUT2D eigenvalue weighted by Gasteiger charge is 2.09. The number of hydrogen-bond donors (Lipinski definition) is 1. The Morgan fingerprint density at radius 1 is 1.39 bits per heavy atom. The van der Waals surface area contributed by atoms with Gasteiger partial charge in [-0.2, -0.15) is 0 Å². The van der Waals surface area contributed by atoms with Crippen molar-refractivity contribution >= 4 is 34.6 Å². The Morgan fingerprint density at radius 2 is 2.22 bits per heavy atom. The molecule has 0 aliphatic rings. The highest BCUT2D eigenvalue weighted by molar-refractivity contribution is 7.71. The first-order valence-corrected chi connectivity index (χ1v) is 7.02. The minimum absolute atomic E-state index is 0.770. The topological polar surface area (TPSA) is 33.6 Å². The van der Waals surface area contributed by atoms with Crippen molar-refractivity contribution in [3.8, 4) is 0 Å². The molecule has 0 bridgehead atoms. The molecule has 0 aliphatic heterocycles. The van der Waals surface area contributed by atoms with Crippen molar-refractivity contribution < 1.29 is 0 Å². The fourth-order valence-electron chi connectivity index (χ4n) is 2.10. The van der Waals surface area contributed by atoms with Gasteiger partial charge in [0.15, 0.2) is 4.77 Å². The molecule has 2 heterocycles. The van der Waals surface area contributed by atoms with E-state index in [-0.39, 0.29) is 0 Å².